The largest absolute Gasteiger partial charge is 0.376 e. The number of thioether (sulfide) groups is 1. The number of hydrogen-bond donors (Lipinski definition) is 1. The SMILES string of the molecule is CC1OCCC1(CN)N(C)C1CCSC1. The Kier molecular flexibility index (Phi) is 3.60. The summed E-state index contributed by atoms with van der Waals surface area (Å²) < 4.78 is 5.71. The summed E-state index contributed by atoms with van der Waals surface area (Å²) in [5, 5.41) is 0. The Morgan fingerprint density at radius 1 is 1.60 bits per heavy atom. The Labute approximate surface area is 96.7 Å². The molecule has 0 aromatic carbocycles. The van der Waals surface area contributed by atoms with E-state index in [1.807, 2.05) is 0 Å². The zero-order chi connectivity index (χ0) is 10.9. The van der Waals surface area contributed by atoms with Gasteiger partial charge in [0.05, 0.1) is 11.6 Å². The minimum absolute atomic E-state index is 0.0928. The molecule has 0 aromatic rings. The highest BCUT2D eigenvalue weighted by atomic mass is 32.2. The molecule has 0 amide bonds. The van der Waals surface area contributed by atoms with Crippen molar-refractivity contribution in [2.45, 2.75) is 37.5 Å². The number of likely N-dealkylation sites (N-methyl/N-ethyl adjacent to an activating group) is 1. The lowest BCUT2D eigenvalue weighted by atomic mass is 9.88. The fourth-order valence-corrected chi connectivity index (χ4v) is 4.10. The maximum absolute atomic E-state index is 6.00. The first-order chi connectivity index (χ1) is 7.20. The predicted molar refractivity (Wildman–Crippen MR) is 65.3 cm³/mol. The minimum Gasteiger partial charge on any atom is -0.376 e. The van der Waals surface area contributed by atoms with Gasteiger partial charge < -0.3 is 10.5 Å². The molecule has 0 spiro atoms. The van der Waals surface area contributed by atoms with Crippen molar-refractivity contribution in [3.05, 3.63) is 0 Å². The number of nitrogens with two attached hydrogens (primary N) is 1. The van der Waals surface area contributed by atoms with Crippen LogP contribution in [0.15, 0.2) is 0 Å². The van der Waals surface area contributed by atoms with Crippen molar-refractivity contribution in [1.82, 2.24) is 4.90 Å². The van der Waals surface area contributed by atoms with Crippen LogP contribution in [0.25, 0.3) is 0 Å². The van der Waals surface area contributed by atoms with E-state index in [1.165, 1.54) is 17.9 Å². The molecule has 0 saturated carbocycles. The summed E-state index contributed by atoms with van der Waals surface area (Å²) in [5.74, 6) is 2.55. The van der Waals surface area contributed by atoms with Crippen LogP contribution < -0.4 is 5.73 Å². The zero-order valence-electron chi connectivity index (χ0n) is 9.74. The maximum atomic E-state index is 6.00. The predicted octanol–water partition coefficient (Wildman–Crippen LogP) is 0.930. The normalized spacial score (nSPS) is 41.6. The van der Waals surface area contributed by atoms with Gasteiger partial charge >= 0.3 is 0 Å². The molecule has 88 valence electrons. The highest BCUT2D eigenvalue weighted by Gasteiger charge is 2.46. The molecule has 0 aliphatic carbocycles. The van der Waals surface area contributed by atoms with E-state index in [9.17, 15) is 0 Å². The number of rotatable bonds is 3. The van der Waals surface area contributed by atoms with E-state index in [2.05, 4.69) is 30.6 Å². The Morgan fingerprint density at radius 2 is 2.40 bits per heavy atom. The van der Waals surface area contributed by atoms with Crippen molar-refractivity contribution in [3.8, 4) is 0 Å². The molecular formula is C11H22N2OS. The third kappa shape index (κ3) is 1.93. The molecule has 3 nitrogen and oxygen atoms in total. The lowest BCUT2D eigenvalue weighted by Gasteiger charge is -2.43. The van der Waals surface area contributed by atoms with Gasteiger partial charge in [-0.25, -0.2) is 0 Å². The molecule has 2 aliphatic rings. The summed E-state index contributed by atoms with van der Waals surface area (Å²) in [6.07, 6.45) is 2.66. The summed E-state index contributed by atoms with van der Waals surface area (Å²) in [4.78, 5) is 2.50. The van der Waals surface area contributed by atoms with E-state index in [0.717, 1.165) is 13.0 Å². The van der Waals surface area contributed by atoms with E-state index < -0.39 is 0 Å². The van der Waals surface area contributed by atoms with Gasteiger partial charge in [0.2, 0.25) is 0 Å². The van der Waals surface area contributed by atoms with E-state index in [4.69, 9.17) is 10.5 Å². The van der Waals surface area contributed by atoms with Crippen molar-refractivity contribution >= 4 is 11.8 Å². The second-order valence-electron chi connectivity index (χ2n) is 4.70. The lowest BCUT2D eigenvalue weighted by molar-refractivity contribution is 0.0115. The molecule has 0 aromatic heterocycles. The van der Waals surface area contributed by atoms with Crippen LogP contribution in [-0.2, 0) is 4.74 Å². The minimum atomic E-state index is 0.0928. The van der Waals surface area contributed by atoms with Crippen LogP contribution in [-0.4, -0.2) is 54.3 Å². The first-order valence-corrected chi connectivity index (χ1v) is 6.98. The van der Waals surface area contributed by atoms with E-state index in [1.54, 1.807) is 0 Å². The first-order valence-electron chi connectivity index (χ1n) is 5.83. The fraction of sp³-hybridized carbons (Fsp3) is 1.00. The third-order valence-corrected chi connectivity index (χ3v) is 5.31. The van der Waals surface area contributed by atoms with Gasteiger partial charge in [-0.05, 0) is 32.6 Å². The molecule has 2 saturated heterocycles. The summed E-state index contributed by atoms with van der Waals surface area (Å²) in [7, 11) is 2.23. The van der Waals surface area contributed by atoms with Crippen molar-refractivity contribution < 1.29 is 4.74 Å². The Hall–Kier alpha value is 0.230. The molecule has 2 rings (SSSR count). The van der Waals surface area contributed by atoms with Gasteiger partial charge in [-0.1, -0.05) is 0 Å². The van der Waals surface area contributed by atoms with Crippen molar-refractivity contribution in [2.24, 2.45) is 5.73 Å². The second-order valence-corrected chi connectivity index (χ2v) is 5.85. The fourth-order valence-electron chi connectivity index (χ4n) is 2.84. The van der Waals surface area contributed by atoms with Gasteiger partial charge in [-0.15, -0.1) is 0 Å². The van der Waals surface area contributed by atoms with Crippen LogP contribution in [0.2, 0.25) is 0 Å². The summed E-state index contributed by atoms with van der Waals surface area (Å²) >= 11 is 2.06. The van der Waals surface area contributed by atoms with Crippen LogP contribution in [0, 0.1) is 0 Å². The smallest absolute Gasteiger partial charge is 0.0743 e. The van der Waals surface area contributed by atoms with Crippen LogP contribution in [0.3, 0.4) is 0 Å². The number of hydrogen-bond acceptors (Lipinski definition) is 4. The average molecular weight is 230 g/mol. The summed E-state index contributed by atoms with van der Waals surface area (Å²) in [6, 6.07) is 0.697. The van der Waals surface area contributed by atoms with Gasteiger partial charge in [-0.3, -0.25) is 4.90 Å². The standard InChI is InChI=1S/C11H22N2OS/c1-9-11(8-12,4-5-14-9)13(2)10-3-6-15-7-10/h9-10H,3-8,12H2,1-2H3. The summed E-state index contributed by atoms with van der Waals surface area (Å²) in [5.41, 5.74) is 6.09. The molecule has 2 fully saturated rings. The molecule has 3 atom stereocenters. The molecule has 15 heavy (non-hydrogen) atoms. The van der Waals surface area contributed by atoms with Gasteiger partial charge in [0.15, 0.2) is 0 Å². The molecule has 3 unspecified atom stereocenters. The van der Waals surface area contributed by atoms with Gasteiger partial charge in [0.25, 0.3) is 0 Å². The van der Waals surface area contributed by atoms with Crippen molar-refractivity contribution in [3.63, 3.8) is 0 Å². The van der Waals surface area contributed by atoms with Gasteiger partial charge in [-0.2, -0.15) is 11.8 Å². The van der Waals surface area contributed by atoms with E-state index in [-0.39, 0.29) is 11.6 Å². The highest BCUT2D eigenvalue weighted by Crippen LogP contribution is 2.35. The van der Waals surface area contributed by atoms with Crippen LogP contribution >= 0.6 is 11.8 Å². The number of ether oxygens (including phenoxy) is 1. The molecule has 4 heteroatoms. The van der Waals surface area contributed by atoms with Crippen LogP contribution in [0.5, 0.6) is 0 Å². The molecule has 0 bridgehead atoms. The van der Waals surface area contributed by atoms with Gasteiger partial charge in [0.1, 0.15) is 0 Å². The molecule has 2 heterocycles. The third-order valence-electron chi connectivity index (χ3n) is 4.17. The molecule has 2 N–H and O–H groups in total. The topological polar surface area (TPSA) is 38.5 Å². The Morgan fingerprint density at radius 3 is 2.87 bits per heavy atom. The monoisotopic (exact) mass is 230 g/mol. The summed E-state index contributed by atoms with van der Waals surface area (Å²) in [6.45, 7) is 3.74. The zero-order valence-corrected chi connectivity index (χ0v) is 10.6. The van der Waals surface area contributed by atoms with Crippen LogP contribution in [0.4, 0.5) is 0 Å². The van der Waals surface area contributed by atoms with Crippen LogP contribution in [0.1, 0.15) is 19.8 Å². The maximum Gasteiger partial charge on any atom is 0.0743 e. The lowest BCUT2D eigenvalue weighted by Crippen LogP contribution is -2.59. The second kappa shape index (κ2) is 4.62. The Balaban J connectivity index is 2.10. The van der Waals surface area contributed by atoms with E-state index in [0.29, 0.717) is 12.6 Å². The molecule has 2 aliphatic heterocycles. The number of nitrogens with zero attached hydrogens (tertiary/aromatic N) is 1. The van der Waals surface area contributed by atoms with E-state index >= 15 is 0 Å². The first kappa shape index (κ1) is 11.7. The highest BCUT2D eigenvalue weighted by molar-refractivity contribution is 7.99. The Bertz CT molecular complexity index is 221. The van der Waals surface area contributed by atoms with Gasteiger partial charge in [0, 0.05) is 24.9 Å². The van der Waals surface area contributed by atoms with Crippen molar-refractivity contribution in [1.29, 1.82) is 0 Å². The van der Waals surface area contributed by atoms with Crippen molar-refractivity contribution in [2.75, 3.05) is 31.7 Å². The molecular weight excluding hydrogens is 208 g/mol. The molecule has 0 radical (unpaired) electrons. The quantitative estimate of drug-likeness (QED) is 0.783. The average Bonchev–Trinajstić information content (AvgIpc) is 2.86.